The summed E-state index contributed by atoms with van der Waals surface area (Å²) in [6.45, 7) is 4.75. The molecule has 0 spiro atoms. The molecule has 1 saturated carbocycles. The van der Waals surface area contributed by atoms with Gasteiger partial charge in [-0.05, 0) is 50.4 Å². The van der Waals surface area contributed by atoms with Crippen molar-refractivity contribution in [3.05, 3.63) is 23.3 Å². The van der Waals surface area contributed by atoms with Crippen molar-refractivity contribution in [1.82, 2.24) is 9.97 Å². The van der Waals surface area contributed by atoms with Gasteiger partial charge in [0.25, 0.3) is 0 Å². The van der Waals surface area contributed by atoms with Crippen LogP contribution in [0.25, 0.3) is 0 Å². The molecular formula is C17H27N3. The predicted octanol–water partition coefficient (Wildman–Crippen LogP) is 3.89. The fourth-order valence-electron chi connectivity index (χ4n) is 3.62. The van der Waals surface area contributed by atoms with Crippen LogP contribution in [0.2, 0.25) is 0 Å². The van der Waals surface area contributed by atoms with Gasteiger partial charge in [0.1, 0.15) is 5.82 Å². The first-order chi connectivity index (χ1) is 9.55. The highest BCUT2D eigenvalue weighted by Gasteiger charge is 2.29. The molecule has 2 aliphatic rings. The zero-order chi connectivity index (χ0) is 14.2. The molecule has 110 valence electrons. The summed E-state index contributed by atoms with van der Waals surface area (Å²) < 4.78 is 0. The fourth-order valence-corrected chi connectivity index (χ4v) is 3.62. The van der Waals surface area contributed by atoms with Gasteiger partial charge in [-0.3, -0.25) is 0 Å². The quantitative estimate of drug-likeness (QED) is 0.790. The molecule has 2 aliphatic carbocycles. The maximum absolute atomic E-state index is 6.23. The molecule has 0 aromatic carbocycles. The summed E-state index contributed by atoms with van der Waals surface area (Å²) in [5.41, 5.74) is 9.16. The monoisotopic (exact) mass is 273 g/mol. The van der Waals surface area contributed by atoms with Crippen molar-refractivity contribution in [2.75, 3.05) is 0 Å². The number of hydrogen-bond donors (Lipinski definition) is 1. The number of fused-ring (bicyclic) bond motifs is 1. The van der Waals surface area contributed by atoms with Gasteiger partial charge in [0, 0.05) is 29.4 Å². The maximum Gasteiger partial charge on any atom is 0.131 e. The lowest BCUT2D eigenvalue weighted by Crippen LogP contribution is -2.22. The zero-order valence-corrected chi connectivity index (χ0v) is 12.9. The van der Waals surface area contributed by atoms with E-state index in [9.17, 15) is 0 Å². The lowest BCUT2D eigenvalue weighted by molar-refractivity contribution is 0.220. The van der Waals surface area contributed by atoms with Crippen LogP contribution >= 0.6 is 0 Å². The Balaban J connectivity index is 1.80. The van der Waals surface area contributed by atoms with Crippen molar-refractivity contribution in [1.29, 1.82) is 0 Å². The summed E-state index contributed by atoms with van der Waals surface area (Å²) in [4.78, 5) is 9.57. The molecule has 0 amide bonds. The average Bonchev–Trinajstić information content (AvgIpc) is 2.60. The lowest BCUT2D eigenvalue weighted by atomic mass is 9.73. The van der Waals surface area contributed by atoms with Crippen LogP contribution in [0.5, 0.6) is 0 Å². The number of aryl methyl sites for hydroxylation is 1. The van der Waals surface area contributed by atoms with Crippen molar-refractivity contribution >= 4 is 0 Å². The fraction of sp³-hybridized carbons (Fsp3) is 0.765. The smallest absolute Gasteiger partial charge is 0.131 e. The van der Waals surface area contributed by atoms with Gasteiger partial charge in [0.05, 0.1) is 0 Å². The van der Waals surface area contributed by atoms with E-state index in [4.69, 9.17) is 10.7 Å². The minimum atomic E-state index is 0.145. The molecule has 1 heterocycles. The molecule has 1 fully saturated rings. The molecule has 0 radical (unpaired) electrons. The van der Waals surface area contributed by atoms with Gasteiger partial charge in [0.2, 0.25) is 0 Å². The zero-order valence-electron chi connectivity index (χ0n) is 12.9. The molecular weight excluding hydrogens is 246 g/mol. The molecule has 20 heavy (non-hydrogen) atoms. The number of nitrogens with zero attached hydrogens (tertiary/aromatic N) is 2. The van der Waals surface area contributed by atoms with Crippen molar-refractivity contribution in [2.45, 2.75) is 77.2 Å². The molecule has 3 nitrogen and oxygen atoms in total. The Morgan fingerprint density at radius 1 is 1.15 bits per heavy atom. The topological polar surface area (TPSA) is 51.8 Å². The Bertz CT molecular complexity index is 471. The largest absolute Gasteiger partial charge is 0.324 e. The van der Waals surface area contributed by atoms with Crippen molar-refractivity contribution in [2.24, 2.45) is 11.1 Å². The van der Waals surface area contributed by atoms with E-state index in [1.165, 1.54) is 49.8 Å². The van der Waals surface area contributed by atoms with Crippen LogP contribution in [0.3, 0.4) is 0 Å². The van der Waals surface area contributed by atoms with Crippen molar-refractivity contribution in [3.63, 3.8) is 0 Å². The van der Waals surface area contributed by atoms with E-state index in [-0.39, 0.29) is 6.04 Å². The highest BCUT2D eigenvalue weighted by Crippen LogP contribution is 2.41. The molecule has 0 saturated heterocycles. The minimum absolute atomic E-state index is 0.145. The van der Waals surface area contributed by atoms with Crippen LogP contribution in [0.15, 0.2) is 6.20 Å². The molecule has 1 aromatic rings. The molecule has 0 bridgehead atoms. The third-order valence-corrected chi connectivity index (χ3v) is 5.20. The molecule has 3 rings (SSSR count). The van der Waals surface area contributed by atoms with Crippen LogP contribution in [0.4, 0.5) is 0 Å². The SMILES string of the molecule is CC1(C)CCC(c2ncc3c(n2)CCCCC3N)CC1. The number of rotatable bonds is 1. The first-order valence-electron chi connectivity index (χ1n) is 8.16. The van der Waals surface area contributed by atoms with Gasteiger partial charge >= 0.3 is 0 Å². The molecule has 3 heteroatoms. The first-order valence-corrected chi connectivity index (χ1v) is 8.16. The van der Waals surface area contributed by atoms with E-state index in [0.29, 0.717) is 11.3 Å². The predicted molar refractivity (Wildman–Crippen MR) is 81.5 cm³/mol. The maximum atomic E-state index is 6.23. The Kier molecular flexibility index (Phi) is 3.80. The number of hydrogen-bond acceptors (Lipinski definition) is 3. The Morgan fingerprint density at radius 2 is 1.90 bits per heavy atom. The molecule has 1 atom stereocenters. The van der Waals surface area contributed by atoms with Crippen LogP contribution in [-0.2, 0) is 6.42 Å². The molecule has 0 aliphatic heterocycles. The van der Waals surface area contributed by atoms with Gasteiger partial charge in [-0.2, -0.15) is 0 Å². The summed E-state index contributed by atoms with van der Waals surface area (Å²) in [6, 6.07) is 0.145. The van der Waals surface area contributed by atoms with Crippen molar-refractivity contribution < 1.29 is 0 Å². The Labute approximate surface area is 122 Å². The second-order valence-corrected chi connectivity index (χ2v) is 7.42. The standard InChI is InChI=1S/C17H27N3/c1-17(2)9-7-12(8-10-17)16-19-11-13-14(18)5-3-4-6-15(13)20-16/h11-12,14H,3-10,18H2,1-2H3. The van der Waals surface area contributed by atoms with Crippen LogP contribution in [0, 0.1) is 5.41 Å². The average molecular weight is 273 g/mol. The third kappa shape index (κ3) is 2.88. The van der Waals surface area contributed by atoms with Crippen LogP contribution in [0.1, 0.15) is 87.8 Å². The van der Waals surface area contributed by atoms with E-state index in [2.05, 4.69) is 18.8 Å². The highest BCUT2D eigenvalue weighted by molar-refractivity contribution is 5.23. The summed E-state index contributed by atoms with van der Waals surface area (Å²) in [5.74, 6) is 1.64. The normalized spacial score (nSPS) is 26.9. The summed E-state index contributed by atoms with van der Waals surface area (Å²) in [7, 11) is 0. The summed E-state index contributed by atoms with van der Waals surface area (Å²) in [5, 5.41) is 0. The highest BCUT2D eigenvalue weighted by atomic mass is 14.9. The Morgan fingerprint density at radius 3 is 2.65 bits per heavy atom. The summed E-state index contributed by atoms with van der Waals surface area (Å²) in [6.07, 6.45) is 11.7. The van der Waals surface area contributed by atoms with E-state index in [0.717, 1.165) is 18.7 Å². The van der Waals surface area contributed by atoms with Gasteiger partial charge in [-0.15, -0.1) is 0 Å². The van der Waals surface area contributed by atoms with E-state index >= 15 is 0 Å². The lowest BCUT2D eigenvalue weighted by Gasteiger charge is -2.33. The van der Waals surface area contributed by atoms with Crippen molar-refractivity contribution in [3.8, 4) is 0 Å². The van der Waals surface area contributed by atoms with E-state index in [1.807, 2.05) is 6.20 Å². The first kappa shape index (κ1) is 14.0. The molecule has 2 N–H and O–H groups in total. The number of aromatic nitrogens is 2. The second-order valence-electron chi connectivity index (χ2n) is 7.42. The molecule has 1 aromatic heterocycles. The molecule has 1 unspecified atom stereocenters. The van der Waals surface area contributed by atoms with Gasteiger partial charge in [0.15, 0.2) is 0 Å². The second kappa shape index (κ2) is 5.44. The summed E-state index contributed by atoms with van der Waals surface area (Å²) >= 11 is 0. The van der Waals surface area contributed by atoms with E-state index in [1.54, 1.807) is 0 Å². The van der Waals surface area contributed by atoms with Crippen LogP contribution < -0.4 is 5.73 Å². The van der Waals surface area contributed by atoms with Gasteiger partial charge in [-0.1, -0.05) is 20.3 Å². The van der Waals surface area contributed by atoms with Gasteiger partial charge < -0.3 is 5.73 Å². The minimum Gasteiger partial charge on any atom is -0.324 e. The van der Waals surface area contributed by atoms with Crippen LogP contribution in [-0.4, -0.2) is 9.97 Å². The third-order valence-electron chi connectivity index (χ3n) is 5.20. The van der Waals surface area contributed by atoms with Gasteiger partial charge in [-0.25, -0.2) is 9.97 Å². The van der Waals surface area contributed by atoms with E-state index < -0.39 is 0 Å². The Hall–Kier alpha value is -0.960. The number of nitrogens with two attached hydrogens (primary N) is 1.